The molecule has 0 spiro atoms. The Labute approximate surface area is 202 Å². The lowest BCUT2D eigenvalue weighted by Gasteiger charge is -2.26. The molecule has 1 saturated heterocycles. The molecule has 7 nitrogen and oxygen atoms in total. The summed E-state index contributed by atoms with van der Waals surface area (Å²) in [4.78, 5) is 25.4. The van der Waals surface area contributed by atoms with Crippen LogP contribution in [0.3, 0.4) is 0 Å². The molecule has 186 valence electrons. The number of halogens is 2. The topological polar surface area (TPSA) is 88.7 Å². The van der Waals surface area contributed by atoms with Gasteiger partial charge < -0.3 is 25.4 Å². The van der Waals surface area contributed by atoms with Crippen molar-refractivity contribution in [1.82, 2.24) is 16.0 Å². The number of urea groups is 1. The minimum atomic E-state index is -1.11. The van der Waals surface area contributed by atoms with Crippen LogP contribution in [0.15, 0.2) is 36.4 Å². The average molecular weight is 486 g/mol. The Morgan fingerprint density at radius 3 is 2.51 bits per heavy atom. The molecule has 9 heteroatoms. The number of nitrogens with one attached hydrogen (secondary N) is 3. The van der Waals surface area contributed by atoms with Gasteiger partial charge in [0, 0.05) is 30.2 Å². The van der Waals surface area contributed by atoms with Crippen LogP contribution >= 0.6 is 0 Å². The van der Waals surface area contributed by atoms with Crippen LogP contribution in [0, 0.1) is 17.6 Å². The average Bonchev–Trinajstić information content (AvgIpc) is 3.50. The monoisotopic (exact) mass is 485 g/mol. The first-order valence-electron chi connectivity index (χ1n) is 12.0. The van der Waals surface area contributed by atoms with E-state index in [1.165, 1.54) is 26.4 Å². The number of rotatable bonds is 8. The number of carbonyl (C=O) groups is 2. The number of hydrogen-bond donors (Lipinski definition) is 3. The van der Waals surface area contributed by atoms with Crippen LogP contribution in [0.25, 0.3) is 0 Å². The smallest absolute Gasteiger partial charge is 0.316 e. The maximum atomic E-state index is 14.7. The van der Waals surface area contributed by atoms with Gasteiger partial charge in [0.05, 0.1) is 19.3 Å². The molecule has 0 unspecified atom stereocenters. The fourth-order valence-corrected chi connectivity index (χ4v) is 4.85. The summed E-state index contributed by atoms with van der Waals surface area (Å²) in [5.41, 5.74) is 0.117. The van der Waals surface area contributed by atoms with Crippen LogP contribution in [-0.4, -0.2) is 38.2 Å². The maximum Gasteiger partial charge on any atom is 0.316 e. The summed E-state index contributed by atoms with van der Waals surface area (Å²) in [6.07, 6.45) is 5.15. The van der Waals surface area contributed by atoms with Gasteiger partial charge in [-0.05, 0) is 49.3 Å². The molecule has 3 amide bonds. The van der Waals surface area contributed by atoms with E-state index in [-0.39, 0.29) is 17.9 Å². The van der Waals surface area contributed by atoms with Crippen molar-refractivity contribution < 1.29 is 27.8 Å². The molecule has 35 heavy (non-hydrogen) atoms. The minimum Gasteiger partial charge on any atom is -0.497 e. The normalized spacial score (nSPS) is 22.7. The van der Waals surface area contributed by atoms with Crippen molar-refractivity contribution in [2.24, 2.45) is 5.92 Å². The molecule has 0 radical (unpaired) electrons. The van der Waals surface area contributed by atoms with E-state index in [9.17, 15) is 18.4 Å². The van der Waals surface area contributed by atoms with Crippen LogP contribution in [0.1, 0.15) is 49.1 Å². The molecule has 3 aliphatic rings. The summed E-state index contributed by atoms with van der Waals surface area (Å²) in [5.74, 6) is -1.61. The van der Waals surface area contributed by atoms with Gasteiger partial charge in [0.25, 0.3) is 0 Å². The zero-order valence-electron chi connectivity index (χ0n) is 19.5. The van der Waals surface area contributed by atoms with Crippen LogP contribution < -0.4 is 25.4 Å². The molecule has 2 aromatic rings. The van der Waals surface area contributed by atoms with Crippen LogP contribution in [0.5, 0.6) is 11.5 Å². The molecule has 2 aromatic carbocycles. The molecule has 3 fully saturated rings. The van der Waals surface area contributed by atoms with Crippen molar-refractivity contribution in [3.63, 3.8) is 0 Å². The molecule has 5 rings (SSSR count). The fraction of sp³-hybridized carbons (Fsp3) is 0.462. The molecule has 0 aromatic heterocycles. The molecule has 1 aliphatic heterocycles. The van der Waals surface area contributed by atoms with E-state index in [0.717, 1.165) is 36.3 Å². The van der Waals surface area contributed by atoms with Crippen molar-refractivity contribution in [3.05, 3.63) is 59.2 Å². The van der Waals surface area contributed by atoms with Gasteiger partial charge in [0.1, 0.15) is 29.2 Å². The first-order chi connectivity index (χ1) is 16.9. The lowest BCUT2D eigenvalue weighted by molar-refractivity contribution is -0.120. The van der Waals surface area contributed by atoms with Crippen LogP contribution in [0.4, 0.5) is 13.6 Å². The summed E-state index contributed by atoms with van der Waals surface area (Å²) in [7, 11) is 1.31. The first-order valence-corrected chi connectivity index (χ1v) is 12.0. The SMILES string of the molecule is COc1cc(F)c([C@@H]2CNC(=O)[C@H]2NC(=O)NC2(c3cccc(OCC4CCC4)c3)CC2)c(F)c1. The number of ether oxygens (including phenoxy) is 2. The molecule has 1 heterocycles. The lowest BCUT2D eigenvalue weighted by Crippen LogP contribution is -2.50. The van der Waals surface area contributed by atoms with Crippen LogP contribution in [0.2, 0.25) is 0 Å². The van der Waals surface area contributed by atoms with Crippen molar-refractivity contribution in [1.29, 1.82) is 0 Å². The summed E-state index contributed by atoms with van der Waals surface area (Å²) in [6, 6.07) is 8.15. The van der Waals surface area contributed by atoms with E-state index in [0.29, 0.717) is 12.5 Å². The highest BCUT2D eigenvalue weighted by atomic mass is 19.1. The van der Waals surface area contributed by atoms with Gasteiger partial charge in [0.15, 0.2) is 0 Å². The van der Waals surface area contributed by atoms with Gasteiger partial charge in [-0.2, -0.15) is 0 Å². The predicted octanol–water partition coefficient (Wildman–Crippen LogP) is 3.72. The third-order valence-corrected chi connectivity index (χ3v) is 7.33. The highest BCUT2D eigenvalue weighted by Gasteiger charge is 2.47. The Hall–Kier alpha value is -3.36. The lowest BCUT2D eigenvalue weighted by atomic mass is 9.86. The molecule has 2 saturated carbocycles. The number of amides is 3. The summed E-state index contributed by atoms with van der Waals surface area (Å²) < 4.78 is 40.2. The molecule has 2 atom stereocenters. The molecule has 0 bridgehead atoms. The van der Waals surface area contributed by atoms with Gasteiger partial charge >= 0.3 is 6.03 Å². The third-order valence-electron chi connectivity index (χ3n) is 7.33. The molecule has 3 N–H and O–H groups in total. The second kappa shape index (κ2) is 9.36. The Kier molecular flexibility index (Phi) is 6.25. The van der Waals surface area contributed by atoms with Gasteiger partial charge in [0.2, 0.25) is 5.91 Å². The van der Waals surface area contributed by atoms with E-state index in [1.807, 2.05) is 24.3 Å². The Balaban J connectivity index is 1.27. The van der Waals surface area contributed by atoms with Gasteiger partial charge in [-0.3, -0.25) is 4.79 Å². The first kappa shape index (κ1) is 23.4. The molecular weight excluding hydrogens is 456 g/mol. The van der Waals surface area contributed by atoms with E-state index >= 15 is 0 Å². The minimum absolute atomic E-state index is 0.00939. The Morgan fingerprint density at radius 2 is 1.89 bits per heavy atom. The standard InChI is InChI=1S/C26H29F2N3O4/c1-34-18-11-20(27)22(21(28)12-18)19-13-29-24(32)23(19)30-25(33)31-26(8-9-26)16-6-3-7-17(10-16)35-14-15-4-2-5-15/h3,6-7,10-12,15,19,23H,2,4-5,8-9,13-14H2,1H3,(H,29,32)(H2,30,31,33)/t19-,23-/m0/s1. The summed E-state index contributed by atoms with van der Waals surface area (Å²) in [6.45, 7) is 0.705. The van der Waals surface area contributed by atoms with E-state index < -0.39 is 41.1 Å². The zero-order valence-corrected chi connectivity index (χ0v) is 19.5. The quantitative estimate of drug-likeness (QED) is 0.532. The van der Waals surface area contributed by atoms with E-state index in [2.05, 4.69) is 16.0 Å². The summed E-state index contributed by atoms with van der Waals surface area (Å²) >= 11 is 0. The number of benzene rings is 2. The van der Waals surface area contributed by atoms with Crippen molar-refractivity contribution in [2.45, 2.75) is 49.6 Å². The summed E-state index contributed by atoms with van der Waals surface area (Å²) in [5, 5.41) is 8.20. The van der Waals surface area contributed by atoms with Gasteiger partial charge in [-0.25, -0.2) is 13.6 Å². The van der Waals surface area contributed by atoms with Gasteiger partial charge in [-0.1, -0.05) is 18.6 Å². The fourth-order valence-electron chi connectivity index (χ4n) is 4.85. The van der Waals surface area contributed by atoms with Crippen molar-refractivity contribution in [3.8, 4) is 11.5 Å². The Morgan fingerprint density at radius 1 is 1.14 bits per heavy atom. The number of methoxy groups -OCH3 is 1. The number of carbonyl (C=O) groups excluding carboxylic acids is 2. The Bertz CT molecular complexity index is 1110. The van der Waals surface area contributed by atoms with Crippen LogP contribution in [-0.2, 0) is 10.3 Å². The van der Waals surface area contributed by atoms with Crippen molar-refractivity contribution in [2.75, 3.05) is 20.3 Å². The zero-order chi connectivity index (χ0) is 24.6. The second-order valence-corrected chi connectivity index (χ2v) is 9.65. The highest BCUT2D eigenvalue weighted by Crippen LogP contribution is 2.46. The highest BCUT2D eigenvalue weighted by molar-refractivity contribution is 5.90. The second-order valence-electron chi connectivity index (χ2n) is 9.65. The van der Waals surface area contributed by atoms with E-state index in [1.54, 1.807) is 0 Å². The van der Waals surface area contributed by atoms with E-state index in [4.69, 9.17) is 9.47 Å². The maximum absolute atomic E-state index is 14.7. The third kappa shape index (κ3) is 4.76. The predicted molar refractivity (Wildman–Crippen MR) is 124 cm³/mol. The molecule has 2 aliphatic carbocycles. The van der Waals surface area contributed by atoms with Gasteiger partial charge in [-0.15, -0.1) is 0 Å². The number of hydrogen-bond acceptors (Lipinski definition) is 4. The van der Waals surface area contributed by atoms with Crippen molar-refractivity contribution >= 4 is 11.9 Å². The largest absolute Gasteiger partial charge is 0.497 e. The molecular formula is C26H29F2N3O4.